The smallest absolute Gasteiger partial charge is 0.122 e. The van der Waals surface area contributed by atoms with Crippen molar-refractivity contribution in [3.05, 3.63) is 28.8 Å². The standard InChI is InChI=1S/C13H18ClNO2/c1-9-5-11(14)3-4-13(9)17-8-12-6-15-10(2)7-16-12/h3-5,10,12,15H,6-8H2,1-2H3. The van der Waals surface area contributed by atoms with Gasteiger partial charge in [0.15, 0.2) is 0 Å². The first kappa shape index (κ1) is 12.7. The molecule has 1 aromatic rings. The Bertz CT molecular complexity index is 376. The highest BCUT2D eigenvalue weighted by molar-refractivity contribution is 6.30. The number of halogens is 1. The Kier molecular flexibility index (Phi) is 4.26. The van der Waals surface area contributed by atoms with E-state index in [1.807, 2.05) is 25.1 Å². The van der Waals surface area contributed by atoms with Crippen LogP contribution in [0.5, 0.6) is 5.75 Å². The van der Waals surface area contributed by atoms with Crippen LogP contribution in [0.3, 0.4) is 0 Å². The molecule has 1 aliphatic heterocycles. The second-order valence-electron chi connectivity index (χ2n) is 4.49. The van der Waals surface area contributed by atoms with Crippen LogP contribution in [0.1, 0.15) is 12.5 Å². The molecule has 1 aliphatic rings. The Morgan fingerprint density at radius 3 is 3.00 bits per heavy atom. The molecular weight excluding hydrogens is 238 g/mol. The molecule has 94 valence electrons. The van der Waals surface area contributed by atoms with Gasteiger partial charge in [-0.1, -0.05) is 11.6 Å². The van der Waals surface area contributed by atoms with Gasteiger partial charge < -0.3 is 14.8 Å². The van der Waals surface area contributed by atoms with Crippen LogP contribution in [0, 0.1) is 6.92 Å². The number of benzene rings is 1. The van der Waals surface area contributed by atoms with Gasteiger partial charge in [-0.3, -0.25) is 0 Å². The van der Waals surface area contributed by atoms with Gasteiger partial charge in [0.25, 0.3) is 0 Å². The van der Waals surface area contributed by atoms with E-state index >= 15 is 0 Å². The Morgan fingerprint density at radius 2 is 2.35 bits per heavy atom. The largest absolute Gasteiger partial charge is 0.491 e. The monoisotopic (exact) mass is 255 g/mol. The van der Waals surface area contributed by atoms with Crippen LogP contribution in [-0.4, -0.2) is 31.9 Å². The van der Waals surface area contributed by atoms with Gasteiger partial charge in [-0.2, -0.15) is 0 Å². The van der Waals surface area contributed by atoms with Crippen molar-refractivity contribution in [2.75, 3.05) is 19.8 Å². The Balaban J connectivity index is 1.85. The molecule has 0 amide bonds. The molecule has 4 heteroatoms. The van der Waals surface area contributed by atoms with E-state index in [1.54, 1.807) is 0 Å². The van der Waals surface area contributed by atoms with Crippen LogP contribution in [0.2, 0.25) is 5.02 Å². The zero-order valence-corrected chi connectivity index (χ0v) is 11.0. The molecule has 0 bridgehead atoms. The summed E-state index contributed by atoms with van der Waals surface area (Å²) in [6.45, 7) is 6.26. The van der Waals surface area contributed by atoms with Gasteiger partial charge in [-0.25, -0.2) is 0 Å². The highest BCUT2D eigenvalue weighted by Crippen LogP contribution is 2.22. The first-order valence-electron chi connectivity index (χ1n) is 5.89. The van der Waals surface area contributed by atoms with Crippen LogP contribution in [0.15, 0.2) is 18.2 Å². The van der Waals surface area contributed by atoms with Crippen LogP contribution in [0.4, 0.5) is 0 Å². The van der Waals surface area contributed by atoms with Crippen molar-refractivity contribution >= 4 is 11.6 Å². The van der Waals surface area contributed by atoms with Crippen molar-refractivity contribution < 1.29 is 9.47 Å². The van der Waals surface area contributed by atoms with Crippen molar-refractivity contribution in [2.24, 2.45) is 0 Å². The number of morpholine rings is 1. The Hall–Kier alpha value is -0.770. The molecule has 0 aromatic heterocycles. The fourth-order valence-electron chi connectivity index (χ4n) is 1.80. The highest BCUT2D eigenvalue weighted by Gasteiger charge is 2.18. The average molecular weight is 256 g/mol. The average Bonchev–Trinajstić information content (AvgIpc) is 2.30. The van der Waals surface area contributed by atoms with Gasteiger partial charge in [0, 0.05) is 17.6 Å². The number of hydrogen-bond acceptors (Lipinski definition) is 3. The summed E-state index contributed by atoms with van der Waals surface area (Å²) in [6, 6.07) is 6.07. The summed E-state index contributed by atoms with van der Waals surface area (Å²) in [5, 5.41) is 4.10. The maximum Gasteiger partial charge on any atom is 0.122 e. The third kappa shape index (κ3) is 3.60. The lowest BCUT2D eigenvalue weighted by Crippen LogP contribution is -2.46. The molecule has 2 atom stereocenters. The van der Waals surface area contributed by atoms with E-state index in [4.69, 9.17) is 21.1 Å². The number of aryl methyl sites for hydroxylation is 1. The summed E-state index contributed by atoms with van der Waals surface area (Å²) < 4.78 is 11.4. The van der Waals surface area contributed by atoms with Crippen LogP contribution in [-0.2, 0) is 4.74 Å². The van der Waals surface area contributed by atoms with E-state index in [0.717, 1.165) is 29.5 Å². The summed E-state index contributed by atoms with van der Waals surface area (Å²) in [5.74, 6) is 0.872. The predicted molar refractivity (Wildman–Crippen MR) is 68.9 cm³/mol. The molecule has 2 unspecified atom stereocenters. The van der Waals surface area contributed by atoms with Gasteiger partial charge in [0.2, 0.25) is 0 Å². The van der Waals surface area contributed by atoms with E-state index in [2.05, 4.69) is 12.2 Å². The fraction of sp³-hybridized carbons (Fsp3) is 0.538. The highest BCUT2D eigenvalue weighted by atomic mass is 35.5. The summed E-state index contributed by atoms with van der Waals surface area (Å²) >= 11 is 5.89. The van der Waals surface area contributed by atoms with Crippen LogP contribution in [0.25, 0.3) is 0 Å². The molecule has 1 N–H and O–H groups in total. The second-order valence-corrected chi connectivity index (χ2v) is 4.92. The first-order chi connectivity index (χ1) is 8.15. The summed E-state index contributed by atoms with van der Waals surface area (Å²) in [5.41, 5.74) is 1.05. The third-order valence-electron chi connectivity index (χ3n) is 2.84. The summed E-state index contributed by atoms with van der Waals surface area (Å²) in [6.07, 6.45) is 0.126. The molecule has 3 nitrogen and oxygen atoms in total. The SMILES string of the molecule is Cc1cc(Cl)ccc1OCC1CNC(C)CO1. The number of rotatable bonds is 3. The quantitative estimate of drug-likeness (QED) is 0.900. The molecule has 1 aromatic carbocycles. The third-order valence-corrected chi connectivity index (χ3v) is 3.07. The molecule has 0 spiro atoms. The first-order valence-corrected chi connectivity index (χ1v) is 6.27. The van der Waals surface area contributed by atoms with Gasteiger partial charge in [-0.15, -0.1) is 0 Å². The predicted octanol–water partition coefficient (Wildman–Crippen LogP) is 2.40. The van der Waals surface area contributed by atoms with Crippen molar-refractivity contribution in [1.29, 1.82) is 0 Å². The van der Waals surface area contributed by atoms with E-state index in [0.29, 0.717) is 12.6 Å². The normalized spacial score (nSPS) is 24.6. The molecule has 2 rings (SSSR count). The van der Waals surface area contributed by atoms with Crippen molar-refractivity contribution in [3.63, 3.8) is 0 Å². The van der Waals surface area contributed by atoms with Gasteiger partial charge in [0.05, 0.1) is 6.61 Å². The summed E-state index contributed by atoms with van der Waals surface area (Å²) in [7, 11) is 0. The maximum absolute atomic E-state index is 5.89. The molecule has 1 saturated heterocycles. The Morgan fingerprint density at radius 1 is 1.53 bits per heavy atom. The minimum absolute atomic E-state index is 0.126. The summed E-state index contributed by atoms with van der Waals surface area (Å²) in [4.78, 5) is 0. The molecule has 0 saturated carbocycles. The maximum atomic E-state index is 5.89. The molecule has 0 aliphatic carbocycles. The molecule has 17 heavy (non-hydrogen) atoms. The molecule has 0 radical (unpaired) electrons. The fourth-order valence-corrected chi connectivity index (χ4v) is 2.02. The minimum Gasteiger partial charge on any atom is -0.491 e. The van der Waals surface area contributed by atoms with Gasteiger partial charge in [-0.05, 0) is 37.6 Å². The van der Waals surface area contributed by atoms with Crippen LogP contribution >= 0.6 is 11.6 Å². The zero-order valence-electron chi connectivity index (χ0n) is 10.2. The van der Waals surface area contributed by atoms with Crippen molar-refractivity contribution in [2.45, 2.75) is 26.0 Å². The van der Waals surface area contributed by atoms with E-state index in [-0.39, 0.29) is 6.10 Å². The van der Waals surface area contributed by atoms with E-state index in [1.165, 1.54) is 0 Å². The van der Waals surface area contributed by atoms with E-state index < -0.39 is 0 Å². The van der Waals surface area contributed by atoms with Gasteiger partial charge in [0.1, 0.15) is 18.5 Å². The Labute approximate surface area is 107 Å². The number of ether oxygens (including phenoxy) is 2. The minimum atomic E-state index is 0.126. The number of nitrogens with one attached hydrogen (secondary N) is 1. The van der Waals surface area contributed by atoms with Crippen LogP contribution < -0.4 is 10.1 Å². The second kappa shape index (κ2) is 5.71. The lowest BCUT2D eigenvalue weighted by molar-refractivity contribution is -0.0166. The van der Waals surface area contributed by atoms with Crippen molar-refractivity contribution in [3.8, 4) is 5.75 Å². The van der Waals surface area contributed by atoms with Gasteiger partial charge >= 0.3 is 0 Å². The molecule has 1 heterocycles. The molecule has 1 fully saturated rings. The topological polar surface area (TPSA) is 30.5 Å². The number of hydrogen-bond donors (Lipinski definition) is 1. The lowest BCUT2D eigenvalue weighted by Gasteiger charge is -2.28. The lowest BCUT2D eigenvalue weighted by atomic mass is 10.2. The zero-order chi connectivity index (χ0) is 12.3. The molecular formula is C13H18ClNO2. The van der Waals surface area contributed by atoms with E-state index in [9.17, 15) is 0 Å². The van der Waals surface area contributed by atoms with Crippen molar-refractivity contribution in [1.82, 2.24) is 5.32 Å².